The molecule has 0 aliphatic carbocycles. The number of amides is 1. The van der Waals surface area contributed by atoms with E-state index in [2.05, 4.69) is 21.2 Å². The van der Waals surface area contributed by atoms with Gasteiger partial charge < -0.3 is 5.32 Å². The maximum absolute atomic E-state index is 11.3. The van der Waals surface area contributed by atoms with Gasteiger partial charge in [0.15, 0.2) is 5.43 Å². The van der Waals surface area contributed by atoms with Gasteiger partial charge in [0.05, 0.1) is 11.0 Å². The molecule has 13 heavy (non-hydrogen) atoms. The van der Waals surface area contributed by atoms with Crippen LogP contribution in [0.2, 0.25) is 0 Å². The topological polar surface area (TPSA) is 46.2 Å². The fraction of sp³-hybridized carbons (Fsp3) is 0.111. The Balaban J connectivity index is 3.09. The third-order valence-electron chi connectivity index (χ3n) is 1.47. The molecule has 0 bridgehead atoms. The number of hydrogen-bond acceptors (Lipinski definition) is 2. The fourth-order valence-corrected chi connectivity index (χ4v) is 1.13. The summed E-state index contributed by atoms with van der Waals surface area (Å²) in [5.41, 5.74) is 0.219. The molecule has 1 aromatic carbocycles. The van der Waals surface area contributed by atoms with Crippen molar-refractivity contribution in [3.05, 3.63) is 46.1 Å². The molecule has 0 spiro atoms. The molecule has 0 unspecified atom stereocenters. The summed E-state index contributed by atoms with van der Waals surface area (Å²) in [6.45, 7) is 0. The van der Waals surface area contributed by atoms with Crippen LogP contribution in [0.15, 0.2) is 35.1 Å². The molecule has 1 aromatic rings. The van der Waals surface area contributed by atoms with Gasteiger partial charge in [-0.25, -0.2) is 0 Å². The molecule has 1 rings (SSSR count). The third-order valence-corrected chi connectivity index (χ3v) is 1.75. The van der Waals surface area contributed by atoms with E-state index < -0.39 is 0 Å². The van der Waals surface area contributed by atoms with Crippen molar-refractivity contribution in [1.82, 2.24) is 5.32 Å². The average molecular weight is 242 g/mol. The standard InChI is InChI=1S/C9H8BrNO2/c10-6-11-9(13)7-4-2-1-3-5-8(7)12/h1-5H,6H2,(H,11,13). The van der Waals surface area contributed by atoms with E-state index in [0.29, 0.717) is 5.45 Å². The summed E-state index contributed by atoms with van der Waals surface area (Å²) in [4.78, 5) is 22.5. The van der Waals surface area contributed by atoms with E-state index in [1.54, 1.807) is 18.2 Å². The highest BCUT2D eigenvalue weighted by Gasteiger charge is 2.05. The molecular formula is C9H8BrNO2. The van der Waals surface area contributed by atoms with Gasteiger partial charge in [-0.1, -0.05) is 34.1 Å². The molecule has 0 fully saturated rings. The number of carbonyl (C=O) groups is 1. The van der Waals surface area contributed by atoms with Crippen LogP contribution in [0.25, 0.3) is 0 Å². The second kappa shape index (κ2) is 4.77. The van der Waals surface area contributed by atoms with Crippen molar-refractivity contribution in [2.45, 2.75) is 0 Å². The zero-order chi connectivity index (χ0) is 9.68. The highest BCUT2D eigenvalue weighted by molar-refractivity contribution is 9.09. The Labute approximate surface area is 83.9 Å². The van der Waals surface area contributed by atoms with Gasteiger partial charge in [0.2, 0.25) is 0 Å². The first-order valence-electron chi connectivity index (χ1n) is 3.69. The van der Waals surface area contributed by atoms with Crippen molar-refractivity contribution < 1.29 is 4.79 Å². The largest absolute Gasteiger partial charge is 0.342 e. The zero-order valence-corrected chi connectivity index (χ0v) is 8.37. The summed E-state index contributed by atoms with van der Waals surface area (Å²) >= 11 is 3.05. The van der Waals surface area contributed by atoms with Crippen LogP contribution in [-0.4, -0.2) is 11.4 Å². The minimum absolute atomic E-state index is 0.157. The number of rotatable bonds is 2. The molecular weight excluding hydrogens is 234 g/mol. The number of halogens is 1. The smallest absolute Gasteiger partial charge is 0.255 e. The Kier molecular flexibility index (Phi) is 3.64. The van der Waals surface area contributed by atoms with E-state index >= 15 is 0 Å². The van der Waals surface area contributed by atoms with E-state index in [4.69, 9.17) is 0 Å². The molecule has 0 saturated carbocycles. The van der Waals surface area contributed by atoms with Gasteiger partial charge in [0.25, 0.3) is 5.91 Å². The second-order valence-electron chi connectivity index (χ2n) is 2.33. The first-order valence-corrected chi connectivity index (χ1v) is 4.81. The monoisotopic (exact) mass is 241 g/mol. The van der Waals surface area contributed by atoms with Crippen molar-refractivity contribution >= 4 is 21.8 Å². The average Bonchev–Trinajstić information content (AvgIpc) is 2.30. The van der Waals surface area contributed by atoms with Gasteiger partial charge in [0.1, 0.15) is 0 Å². The van der Waals surface area contributed by atoms with Crippen molar-refractivity contribution in [2.24, 2.45) is 0 Å². The van der Waals surface area contributed by atoms with Gasteiger partial charge >= 0.3 is 0 Å². The zero-order valence-electron chi connectivity index (χ0n) is 6.79. The molecule has 0 aliphatic rings. The maximum atomic E-state index is 11.3. The molecule has 0 aromatic heterocycles. The predicted molar refractivity (Wildman–Crippen MR) is 54.0 cm³/mol. The third kappa shape index (κ3) is 2.66. The first kappa shape index (κ1) is 9.92. The first-order chi connectivity index (χ1) is 6.25. The lowest BCUT2D eigenvalue weighted by Crippen LogP contribution is -2.26. The van der Waals surface area contributed by atoms with E-state index in [1.165, 1.54) is 12.1 Å². The van der Waals surface area contributed by atoms with Crippen molar-refractivity contribution in [3.8, 4) is 0 Å². The summed E-state index contributed by atoms with van der Waals surface area (Å²) in [6, 6.07) is 7.83. The highest BCUT2D eigenvalue weighted by atomic mass is 79.9. The Morgan fingerprint density at radius 2 is 2.00 bits per heavy atom. The SMILES string of the molecule is O=C(NCBr)c1cccccc1=O. The van der Waals surface area contributed by atoms with Crippen molar-refractivity contribution in [2.75, 3.05) is 5.45 Å². The summed E-state index contributed by atoms with van der Waals surface area (Å²) in [7, 11) is 0. The van der Waals surface area contributed by atoms with Crippen molar-refractivity contribution in [3.63, 3.8) is 0 Å². The van der Waals surface area contributed by atoms with Crippen LogP contribution in [0.3, 0.4) is 0 Å². The normalized spacial score (nSPS) is 9.31. The molecule has 0 atom stereocenters. The molecule has 1 N–H and O–H groups in total. The molecule has 0 radical (unpaired) electrons. The highest BCUT2D eigenvalue weighted by Crippen LogP contribution is 1.90. The quantitative estimate of drug-likeness (QED) is 0.624. The van der Waals surface area contributed by atoms with Crippen LogP contribution in [-0.2, 0) is 0 Å². The van der Waals surface area contributed by atoms with Crippen LogP contribution in [0, 0.1) is 0 Å². The van der Waals surface area contributed by atoms with E-state index in [9.17, 15) is 9.59 Å². The molecule has 0 aliphatic heterocycles. The minimum atomic E-state index is -0.363. The number of carbonyl (C=O) groups excluding carboxylic acids is 1. The van der Waals surface area contributed by atoms with Crippen LogP contribution in [0.1, 0.15) is 10.4 Å². The van der Waals surface area contributed by atoms with Crippen LogP contribution >= 0.6 is 15.9 Å². The van der Waals surface area contributed by atoms with Gasteiger partial charge in [0, 0.05) is 0 Å². The molecule has 0 heterocycles. The van der Waals surface area contributed by atoms with Gasteiger partial charge in [-0.2, -0.15) is 0 Å². The number of hydrogen-bond donors (Lipinski definition) is 1. The Morgan fingerprint density at radius 3 is 2.69 bits per heavy atom. The summed E-state index contributed by atoms with van der Waals surface area (Å²) in [6.07, 6.45) is 0. The lowest BCUT2D eigenvalue weighted by atomic mass is 10.2. The Bertz CT molecular complexity index is 365. The Hall–Kier alpha value is -1.16. The van der Waals surface area contributed by atoms with E-state index in [0.717, 1.165) is 0 Å². The molecule has 68 valence electrons. The Morgan fingerprint density at radius 1 is 1.31 bits per heavy atom. The molecule has 1 amide bonds. The van der Waals surface area contributed by atoms with E-state index in [-0.39, 0.29) is 16.9 Å². The molecule has 3 nitrogen and oxygen atoms in total. The maximum Gasteiger partial charge on any atom is 0.255 e. The van der Waals surface area contributed by atoms with Crippen LogP contribution in [0.4, 0.5) is 0 Å². The van der Waals surface area contributed by atoms with Crippen LogP contribution in [0.5, 0.6) is 0 Å². The lowest BCUT2D eigenvalue weighted by molar-refractivity contribution is 0.0960. The van der Waals surface area contributed by atoms with E-state index in [1.807, 2.05) is 0 Å². The number of alkyl halides is 1. The van der Waals surface area contributed by atoms with Crippen molar-refractivity contribution in [1.29, 1.82) is 0 Å². The lowest BCUT2D eigenvalue weighted by Gasteiger charge is -1.96. The fourth-order valence-electron chi connectivity index (χ4n) is 0.874. The summed E-state index contributed by atoms with van der Waals surface area (Å²) < 4.78 is 0. The number of nitrogens with one attached hydrogen (secondary N) is 1. The van der Waals surface area contributed by atoms with Crippen LogP contribution < -0.4 is 10.7 Å². The molecule has 0 saturated heterocycles. The molecule has 4 heteroatoms. The minimum Gasteiger partial charge on any atom is -0.342 e. The second-order valence-corrected chi connectivity index (χ2v) is 2.89. The van der Waals surface area contributed by atoms with Gasteiger partial charge in [-0.05, 0) is 12.1 Å². The summed E-state index contributed by atoms with van der Waals surface area (Å²) in [5.74, 6) is -0.363. The summed E-state index contributed by atoms with van der Waals surface area (Å²) in [5, 5.41) is 2.49. The van der Waals surface area contributed by atoms with Gasteiger partial charge in [-0.3, -0.25) is 9.59 Å². The van der Waals surface area contributed by atoms with Gasteiger partial charge in [-0.15, -0.1) is 0 Å². The predicted octanol–water partition coefficient (Wildman–Crippen LogP) is 1.13.